The third kappa shape index (κ3) is 3.39. The summed E-state index contributed by atoms with van der Waals surface area (Å²) in [4.78, 5) is 19.0. The molecule has 1 aromatic heterocycles. The van der Waals surface area contributed by atoms with E-state index >= 15 is 0 Å². The van der Waals surface area contributed by atoms with E-state index in [1.807, 2.05) is 47.4 Å². The number of aromatic nitrogens is 1. The van der Waals surface area contributed by atoms with Crippen LogP contribution in [0.3, 0.4) is 0 Å². The zero-order chi connectivity index (χ0) is 17.8. The average Bonchev–Trinajstić information content (AvgIpc) is 2.92. The predicted octanol–water partition coefficient (Wildman–Crippen LogP) is 4.22. The van der Waals surface area contributed by atoms with E-state index < -0.39 is 0 Å². The Morgan fingerprint density at radius 2 is 1.96 bits per heavy atom. The minimum atomic E-state index is -0.174. The van der Waals surface area contributed by atoms with E-state index in [4.69, 9.17) is 4.74 Å². The third-order valence-corrected chi connectivity index (χ3v) is 5.70. The number of fused-ring (bicyclic) bond motifs is 2. The number of piperidine rings is 1. The topological polar surface area (TPSA) is 54.5 Å². The van der Waals surface area contributed by atoms with Gasteiger partial charge in [-0.25, -0.2) is 4.79 Å². The van der Waals surface area contributed by atoms with Crippen LogP contribution in [0.15, 0.2) is 54.9 Å². The Morgan fingerprint density at radius 3 is 2.77 bits per heavy atom. The molecule has 2 bridgehead atoms. The molecule has 0 radical (unpaired) electrons. The molecule has 2 saturated heterocycles. The van der Waals surface area contributed by atoms with E-state index in [2.05, 4.69) is 10.3 Å². The van der Waals surface area contributed by atoms with Crippen LogP contribution < -0.4 is 5.32 Å². The number of nitrogens with one attached hydrogen (secondary N) is 1. The van der Waals surface area contributed by atoms with Crippen molar-refractivity contribution < 1.29 is 9.53 Å². The van der Waals surface area contributed by atoms with E-state index in [-0.39, 0.29) is 11.6 Å². The number of nitrogens with zero attached hydrogens (tertiary/aromatic N) is 2. The molecule has 1 N–H and O–H groups in total. The first kappa shape index (κ1) is 16.9. The van der Waals surface area contributed by atoms with E-state index in [1.54, 1.807) is 12.4 Å². The van der Waals surface area contributed by atoms with Crippen LogP contribution in [0.4, 0.5) is 10.5 Å². The van der Waals surface area contributed by atoms with Gasteiger partial charge in [-0.05, 0) is 49.8 Å². The van der Waals surface area contributed by atoms with Gasteiger partial charge in [0.05, 0.1) is 5.54 Å². The number of carbonyl (C=O) groups is 1. The summed E-state index contributed by atoms with van der Waals surface area (Å²) in [6.45, 7) is 1.09. The molecule has 0 saturated carbocycles. The standard InChI is InChI=1S/C21H25N3O2/c25-20(26-15-17-5-2-1-3-6-17)24-19-7-4-11-21(24,12-8-19)16-23-18-9-13-22-14-10-18/h1-3,5-6,9-10,13-14,19H,4,7-8,11-12,15-16H2,(H,22,23). The van der Waals surface area contributed by atoms with Crippen LogP contribution in [0.1, 0.15) is 37.7 Å². The maximum atomic E-state index is 12.9. The minimum absolute atomic E-state index is 0.139. The minimum Gasteiger partial charge on any atom is -0.445 e. The summed E-state index contributed by atoms with van der Waals surface area (Å²) in [6, 6.07) is 14.1. The predicted molar refractivity (Wildman–Crippen MR) is 101 cm³/mol. The number of hydrogen-bond donors (Lipinski definition) is 1. The van der Waals surface area contributed by atoms with Crippen LogP contribution in [0.2, 0.25) is 0 Å². The SMILES string of the molecule is O=C(OCc1ccccc1)N1C2CCCC1(CNc1ccncc1)CC2. The van der Waals surface area contributed by atoms with E-state index in [0.717, 1.165) is 43.5 Å². The van der Waals surface area contributed by atoms with Crippen LogP contribution in [0, 0.1) is 0 Å². The molecule has 26 heavy (non-hydrogen) atoms. The van der Waals surface area contributed by atoms with Gasteiger partial charge in [0, 0.05) is 30.7 Å². The summed E-state index contributed by atoms with van der Waals surface area (Å²) in [7, 11) is 0. The van der Waals surface area contributed by atoms with E-state index in [9.17, 15) is 4.79 Å². The second-order valence-electron chi connectivity index (χ2n) is 7.31. The van der Waals surface area contributed by atoms with E-state index in [1.165, 1.54) is 6.42 Å². The lowest BCUT2D eigenvalue weighted by Crippen LogP contribution is -2.56. The molecule has 4 rings (SSSR count). The Balaban J connectivity index is 1.45. The summed E-state index contributed by atoms with van der Waals surface area (Å²) in [5.74, 6) is 0. The molecule has 5 nitrogen and oxygen atoms in total. The summed E-state index contributed by atoms with van der Waals surface area (Å²) < 4.78 is 5.67. The molecule has 0 aliphatic carbocycles. The van der Waals surface area contributed by atoms with Gasteiger partial charge in [-0.15, -0.1) is 0 Å². The van der Waals surface area contributed by atoms with Gasteiger partial charge in [0.1, 0.15) is 6.61 Å². The summed E-state index contributed by atoms with van der Waals surface area (Å²) >= 11 is 0. The molecule has 2 fully saturated rings. The van der Waals surface area contributed by atoms with Gasteiger partial charge in [-0.3, -0.25) is 9.88 Å². The van der Waals surface area contributed by atoms with Gasteiger partial charge < -0.3 is 10.1 Å². The van der Waals surface area contributed by atoms with Crippen LogP contribution in [0.5, 0.6) is 0 Å². The van der Waals surface area contributed by atoms with Crippen molar-refractivity contribution in [2.45, 2.75) is 50.3 Å². The highest BCUT2D eigenvalue weighted by Gasteiger charge is 2.51. The molecule has 2 atom stereocenters. The number of amides is 1. The molecular formula is C21H25N3O2. The molecule has 3 heterocycles. The lowest BCUT2D eigenvalue weighted by atomic mass is 9.88. The monoisotopic (exact) mass is 351 g/mol. The van der Waals surface area contributed by atoms with Crippen molar-refractivity contribution in [3.8, 4) is 0 Å². The van der Waals surface area contributed by atoms with Crippen molar-refractivity contribution in [2.24, 2.45) is 0 Å². The van der Waals surface area contributed by atoms with Crippen molar-refractivity contribution in [3.05, 3.63) is 60.4 Å². The summed E-state index contributed by atoms with van der Waals surface area (Å²) in [5.41, 5.74) is 1.93. The number of anilines is 1. The third-order valence-electron chi connectivity index (χ3n) is 5.70. The molecule has 0 spiro atoms. The van der Waals surface area contributed by atoms with Crippen LogP contribution in [0.25, 0.3) is 0 Å². The maximum absolute atomic E-state index is 12.9. The zero-order valence-electron chi connectivity index (χ0n) is 14.9. The van der Waals surface area contributed by atoms with Crippen molar-refractivity contribution in [1.82, 2.24) is 9.88 Å². The Kier molecular flexibility index (Phi) is 4.78. The van der Waals surface area contributed by atoms with Gasteiger partial charge in [-0.2, -0.15) is 0 Å². The first-order valence-electron chi connectivity index (χ1n) is 9.41. The highest BCUT2D eigenvalue weighted by atomic mass is 16.6. The van der Waals surface area contributed by atoms with Crippen molar-refractivity contribution in [2.75, 3.05) is 11.9 Å². The normalized spacial score (nSPS) is 24.3. The number of ether oxygens (including phenoxy) is 1. The number of rotatable bonds is 5. The number of carbonyl (C=O) groups excluding carboxylic acids is 1. The molecule has 2 aliphatic heterocycles. The average molecular weight is 351 g/mol. The van der Waals surface area contributed by atoms with E-state index in [0.29, 0.717) is 12.6 Å². The molecule has 1 aromatic carbocycles. The number of hydrogen-bond acceptors (Lipinski definition) is 4. The molecule has 1 amide bonds. The Bertz CT molecular complexity index is 733. The maximum Gasteiger partial charge on any atom is 0.410 e. The smallest absolute Gasteiger partial charge is 0.410 e. The fourth-order valence-corrected chi connectivity index (χ4v) is 4.39. The Labute approximate surface area is 154 Å². The van der Waals surface area contributed by atoms with Crippen molar-refractivity contribution in [3.63, 3.8) is 0 Å². The van der Waals surface area contributed by atoms with Gasteiger partial charge in [0.2, 0.25) is 0 Å². The fraction of sp³-hybridized carbons (Fsp3) is 0.429. The van der Waals surface area contributed by atoms with Crippen LogP contribution in [-0.2, 0) is 11.3 Å². The molecule has 136 valence electrons. The highest BCUT2D eigenvalue weighted by Crippen LogP contribution is 2.44. The Hall–Kier alpha value is -2.56. The van der Waals surface area contributed by atoms with Crippen molar-refractivity contribution in [1.29, 1.82) is 0 Å². The fourth-order valence-electron chi connectivity index (χ4n) is 4.39. The second-order valence-corrected chi connectivity index (χ2v) is 7.31. The number of benzene rings is 1. The molecule has 2 unspecified atom stereocenters. The Morgan fingerprint density at radius 1 is 1.15 bits per heavy atom. The van der Waals surface area contributed by atoms with Crippen LogP contribution in [-0.4, -0.2) is 34.1 Å². The first-order valence-corrected chi connectivity index (χ1v) is 9.41. The lowest BCUT2D eigenvalue weighted by molar-refractivity contribution is 0.0316. The lowest BCUT2D eigenvalue weighted by Gasteiger charge is -2.44. The first-order chi connectivity index (χ1) is 12.8. The molecule has 2 aromatic rings. The van der Waals surface area contributed by atoms with Gasteiger partial charge in [0.25, 0.3) is 0 Å². The van der Waals surface area contributed by atoms with Gasteiger partial charge >= 0.3 is 6.09 Å². The summed E-state index contributed by atoms with van der Waals surface area (Å²) in [6.07, 6.45) is 8.78. The highest BCUT2D eigenvalue weighted by molar-refractivity contribution is 5.70. The number of pyridine rings is 1. The largest absolute Gasteiger partial charge is 0.445 e. The molecule has 2 aliphatic rings. The zero-order valence-corrected chi connectivity index (χ0v) is 14.9. The van der Waals surface area contributed by atoms with Gasteiger partial charge in [-0.1, -0.05) is 30.3 Å². The second kappa shape index (κ2) is 7.36. The molecule has 5 heteroatoms. The summed E-state index contributed by atoms with van der Waals surface area (Å²) in [5, 5.41) is 3.50. The quantitative estimate of drug-likeness (QED) is 0.876. The van der Waals surface area contributed by atoms with Crippen molar-refractivity contribution >= 4 is 11.8 Å². The molecular weight excluding hydrogens is 326 g/mol. The van der Waals surface area contributed by atoms with Gasteiger partial charge in [0.15, 0.2) is 0 Å². The van der Waals surface area contributed by atoms with Crippen LogP contribution >= 0.6 is 0 Å².